The number of carbonyl (C=O) groups excluding carboxylic acids is 1. The van der Waals surface area contributed by atoms with Gasteiger partial charge in [-0.25, -0.2) is 10.2 Å². The molecule has 0 saturated carbocycles. The van der Waals surface area contributed by atoms with E-state index in [0.717, 1.165) is 11.3 Å². The molecule has 0 radical (unpaired) electrons. The molecule has 0 aliphatic carbocycles. The molecule has 0 unspecified atom stereocenters. The number of benzene rings is 1. The number of nitrogens with two attached hydrogens (primary N) is 1. The van der Waals surface area contributed by atoms with Crippen molar-refractivity contribution in [2.45, 2.75) is 0 Å². The number of aromatic amines is 1. The van der Waals surface area contributed by atoms with E-state index in [1.807, 2.05) is 5.43 Å². The lowest BCUT2D eigenvalue weighted by Crippen LogP contribution is -2.31. The highest BCUT2D eigenvalue weighted by molar-refractivity contribution is 7.13. The molecule has 0 atom stereocenters. The fourth-order valence-corrected chi connectivity index (χ4v) is 2.22. The Morgan fingerprint density at radius 3 is 2.88 bits per heavy atom. The first-order valence-electron chi connectivity index (χ1n) is 4.62. The maximum atomic E-state index is 13.1. The first-order valence-corrected chi connectivity index (χ1v) is 5.43. The highest BCUT2D eigenvalue weighted by Gasteiger charge is 2.16. The maximum absolute atomic E-state index is 13.1. The third-order valence-electron chi connectivity index (χ3n) is 2.09. The van der Waals surface area contributed by atoms with E-state index < -0.39 is 16.6 Å². The first kappa shape index (κ1) is 11.5. The fourth-order valence-electron chi connectivity index (χ4n) is 1.39. The summed E-state index contributed by atoms with van der Waals surface area (Å²) in [5, 5.41) is 0. The van der Waals surface area contributed by atoms with Crippen molar-refractivity contribution in [3.63, 3.8) is 0 Å². The molecule has 88 valence electrons. The molecule has 17 heavy (non-hydrogen) atoms. The number of rotatable bonds is 2. The molecule has 1 aromatic carbocycles. The van der Waals surface area contributed by atoms with Gasteiger partial charge in [-0.15, -0.1) is 0 Å². The first-order chi connectivity index (χ1) is 8.11. The summed E-state index contributed by atoms with van der Waals surface area (Å²) in [4.78, 5) is 25.0. The molecule has 0 aliphatic heterocycles. The van der Waals surface area contributed by atoms with Crippen LogP contribution in [0.4, 0.5) is 4.39 Å². The highest BCUT2D eigenvalue weighted by Crippen LogP contribution is 2.25. The van der Waals surface area contributed by atoms with E-state index in [9.17, 15) is 14.0 Å². The number of H-pyrrole nitrogens is 1. The molecule has 5 nitrogen and oxygen atoms in total. The van der Waals surface area contributed by atoms with Crippen molar-refractivity contribution in [1.82, 2.24) is 10.4 Å². The summed E-state index contributed by atoms with van der Waals surface area (Å²) in [7, 11) is 0. The largest absolute Gasteiger partial charge is 0.308 e. The summed E-state index contributed by atoms with van der Waals surface area (Å²) in [5.74, 6) is 3.93. The summed E-state index contributed by atoms with van der Waals surface area (Å²) in [5.41, 5.74) is 2.41. The predicted molar refractivity (Wildman–Crippen MR) is 62.0 cm³/mol. The molecule has 0 bridgehead atoms. The van der Waals surface area contributed by atoms with Crippen LogP contribution in [0.1, 0.15) is 10.5 Å². The van der Waals surface area contributed by atoms with Crippen LogP contribution < -0.4 is 16.1 Å². The molecular weight excluding hydrogens is 245 g/mol. The van der Waals surface area contributed by atoms with Gasteiger partial charge in [0.15, 0.2) is 0 Å². The van der Waals surface area contributed by atoms with Crippen LogP contribution >= 0.6 is 11.3 Å². The minimum atomic E-state index is -0.623. The van der Waals surface area contributed by atoms with Crippen molar-refractivity contribution < 1.29 is 9.18 Å². The molecule has 0 fully saturated rings. The Balaban J connectivity index is 2.59. The molecule has 0 aliphatic rings. The minimum Gasteiger partial charge on any atom is -0.308 e. The fraction of sp³-hybridized carbons (Fsp3) is 0. The van der Waals surface area contributed by atoms with E-state index in [-0.39, 0.29) is 5.69 Å². The second kappa shape index (κ2) is 4.48. The van der Waals surface area contributed by atoms with E-state index in [1.54, 1.807) is 6.07 Å². The summed E-state index contributed by atoms with van der Waals surface area (Å²) < 4.78 is 13.1. The summed E-state index contributed by atoms with van der Waals surface area (Å²) >= 11 is 0.826. The smallest absolute Gasteiger partial charge is 0.305 e. The SMILES string of the molecule is NNC(=O)c1[nH]c(=O)sc1-c1cccc(F)c1. The van der Waals surface area contributed by atoms with Crippen molar-refractivity contribution in [3.05, 3.63) is 45.4 Å². The van der Waals surface area contributed by atoms with Crippen molar-refractivity contribution in [1.29, 1.82) is 0 Å². The van der Waals surface area contributed by atoms with Gasteiger partial charge in [0, 0.05) is 0 Å². The Morgan fingerprint density at radius 1 is 1.47 bits per heavy atom. The van der Waals surface area contributed by atoms with Gasteiger partial charge in [0.05, 0.1) is 4.88 Å². The van der Waals surface area contributed by atoms with Crippen molar-refractivity contribution in [3.8, 4) is 10.4 Å². The van der Waals surface area contributed by atoms with Crippen LogP contribution in [0.2, 0.25) is 0 Å². The number of carbonyl (C=O) groups is 1. The van der Waals surface area contributed by atoms with Crippen LogP contribution in [0.25, 0.3) is 10.4 Å². The lowest BCUT2D eigenvalue weighted by Gasteiger charge is -2.01. The van der Waals surface area contributed by atoms with Gasteiger partial charge < -0.3 is 4.98 Å². The van der Waals surface area contributed by atoms with E-state index in [0.29, 0.717) is 10.4 Å². The van der Waals surface area contributed by atoms with Crippen molar-refractivity contribution >= 4 is 17.2 Å². The van der Waals surface area contributed by atoms with Gasteiger partial charge in [0.25, 0.3) is 5.91 Å². The molecule has 4 N–H and O–H groups in total. The third-order valence-corrected chi connectivity index (χ3v) is 3.03. The Labute approximate surface area is 99.1 Å². The summed E-state index contributed by atoms with van der Waals surface area (Å²) in [6.45, 7) is 0. The highest BCUT2D eigenvalue weighted by atomic mass is 32.1. The van der Waals surface area contributed by atoms with Crippen LogP contribution in [-0.2, 0) is 0 Å². The van der Waals surface area contributed by atoms with Gasteiger partial charge in [-0.1, -0.05) is 23.5 Å². The number of thiazole rings is 1. The van der Waals surface area contributed by atoms with Gasteiger partial charge in [0.1, 0.15) is 11.5 Å². The van der Waals surface area contributed by atoms with Gasteiger partial charge >= 0.3 is 4.87 Å². The Hall–Kier alpha value is -1.99. The standard InChI is InChI=1S/C10H8FN3O2S/c11-6-3-1-2-5(4-6)8-7(9(15)14-12)13-10(16)17-8/h1-4H,12H2,(H,13,16)(H,14,15). The third kappa shape index (κ3) is 2.24. The minimum absolute atomic E-state index is 0.0353. The van der Waals surface area contributed by atoms with E-state index in [4.69, 9.17) is 5.84 Å². The lowest BCUT2D eigenvalue weighted by atomic mass is 10.1. The molecule has 2 rings (SSSR count). The van der Waals surface area contributed by atoms with Crippen LogP contribution in [0.5, 0.6) is 0 Å². The topological polar surface area (TPSA) is 88.0 Å². The van der Waals surface area contributed by atoms with E-state index >= 15 is 0 Å². The summed E-state index contributed by atoms with van der Waals surface area (Å²) in [6, 6.07) is 5.63. The van der Waals surface area contributed by atoms with Gasteiger partial charge in [-0.05, 0) is 17.7 Å². The predicted octanol–water partition coefficient (Wildman–Crippen LogP) is 0.846. The second-order valence-corrected chi connectivity index (χ2v) is 4.19. The average Bonchev–Trinajstić information content (AvgIpc) is 2.70. The van der Waals surface area contributed by atoms with Crippen molar-refractivity contribution in [2.24, 2.45) is 5.84 Å². The zero-order valence-electron chi connectivity index (χ0n) is 8.49. The molecule has 0 spiro atoms. The number of halogens is 1. The molecular formula is C10H8FN3O2S. The van der Waals surface area contributed by atoms with E-state index in [1.165, 1.54) is 18.2 Å². The average molecular weight is 253 g/mol. The molecule has 7 heteroatoms. The quantitative estimate of drug-likeness (QED) is 0.421. The number of aromatic nitrogens is 1. The van der Waals surface area contributed by atoms with Gasteiger partial charge in [-0.2, -0.15) is 0 Å². The number of hydrogen-bond donors (Lipinski definition) is 3. The van der Waals surface area contributed by atoms with Crippen LogP contribution in [-0.4, -0.2) is 10.9 Å². The molecule has 0 saturated heterocycles. The van der Waals surface area contributed by atoms with Crippen LogP contribution in [0.15, 0.2) is 29.1 Å². The molecule has 1 amide bonds. The number of hydrogen-bond acceptors (Lipinski definition) is 4. The van der Waals surface area contributed by atoms with Gasteiger partial charge in [0.2, 0.25) is 0 Å². The number of nitrogens with one attached hydrogen (secondary N) is 2. The monoisotopic (exact) mass is 253 g/mol. The van der Waals surface area contributed by atoms with E-state index in [2.05, 4.69) is 4.98 Å². The van der Waals surface area contributed by atoms with Crippen molar-refractivity contribution in [2.75, 3.05) is 0 Å². The number of nitrogen functional groups attached to an aromatic ring is 1. The number of hydrazine groups is 1. The molecule has 1 heterocycles. The Morgan fingerprint density at radius 2 is 2.24 bits per heavy atom. The van der Waals surface area contributed by atoms with Gasteiger partial charge in [-0.3, -0.25) is 15.0 Å². The maximum Gasteiger partial charge on any atom is 0.305 e. The molecule has 1 aromatic heterocycles. The van der Waals surface area contributed by atoms with Crippen LogP contribution in [0.3, 0.4) is 0 Å². The zero-order valence-corrected chi connectivity index (χ0v) is 9.31. The zero-order chi connectivity index (χ0) is 12.4. The summed E-state index contributed by atoms with van der Waals surface area (Å²) in [6.07, 6.45) is 0. The number of amides is 1. The molecule has 2 aromatic rings. The Bertz CT molecular complexity index is 620. The normalized spacial score (nSPS) is 10.2. The van der Waals surface area contributed by atoms with Crippen LogP contribution in [0, 0.1) is 5.82 Å². The lowest BCUT2D eigenvalue weighted by molar-refractivity contribution is 0.0950. The second-order valence-electron chi connectivity index (χ2n) is 3.20. The Kier molecular flexibility index (Phi) is 3.03.